The molecule has 1 heterocycles. The van der Waals surface area contributed by atoms with Crippen molar-refractivity contribution in [2.24, 2.45) is 35.5 Å². The molecule has 6 rings (SSSR count). The smallest absolute Gasteiger partial charge is 0.326 e. The maximum atomic E-state index is 12.8. The van der Waals surface area contributed by atoms with E-state index in [1.165, 1.54) is 0 Å². The zero-order chi connectivity index (χ0) is 19.4. The number of carbonyl (C=O) groups is 4. The largest absolute Gasteiger partial charge is 0.454 e. The van der Waals surface area contributed by atoms with E-state index in [1.54, 1.807) is 24.3 Å². The molecule has 1 saturated heterocycles. The number of likely N-dealkylation sites (tertiary alicyclic amines) is 1. The van der Waals surface area contributed by atoms with Gasteiger partial charge in [-0.3, -0.25) is 24.1 Å². The summed E-state index contributed by atoms with van der Waals surface area (Å²) < 4.78 is 4.97. The zero-order valence-corrected chi connectivity index (χ0v) is 15.1. The van der Waals surface area contributed by atoms with Gasteiger partial charge in [-0.2, -0.15) is 0 Å². The van der Waals surface area contributed by atoms with Gasteiger partial charge in [-0.25, -0.2) is 0 Å². The van der Waals surface area contributed by atoms with Crippen LogP contribution in [-0.4, -0.2) is 41.7 Å². The first kappa shape index (κ1) is 17.2. The average molecular weight is 380 g/mol. The maximum Gasteiger partial charge on any atom is 0.326 e. The Balaban J connectivity index is 1.18. The number of rotatable bonds is 5. The minimum Gasteiger partial charge on any atom is -0.454 e. The van der Waals surface area contributed by atoms with Crippen molar-refractivity contribution in [1.82, 2.24) is 4.90 Å². The molecular weight excluding hydrogens is 360 g/mol. The van der Waals surface area contributed by atoms with Crippen LogP contribution in [-0.2, 0) is 23.9 Å². The SMILES string of the molecule is O=C(COC(=O)CN1C(=O)[C@@H]2[C@@H]3C=C[C@H]([C@@H]4C[C@H]34)[C@@H]2C1=O)Nc1ccccc1. The number of ether oxygens (including phenoxy) is 1. The Labute approximate surface area is 161 Å². The summed E-state index contributed by atoms with van der Waals surface area (Å²) in [6.45, 7) is -0.897. The van der Waals surface area contributed by atoms with Gasteiger partial charge in [0.2, 0.25) is 11.8 Å². The molecule has 1 aromatic rings. The van der Waals surface area contributed by atoms with E-state index in [-0.39, 0.29) is 35.5 Å². The molecule has 0 unspecified atom stereocenters. The van der Waals surface area contributed by atoms with E-state index in [0.29, 0.717) is 17.5 Å². The molecule has 7 heteroatoms. The van der Waals surface area contributed by atoms with Gasteiger partial charge in [0.25, 0.3) is 5.91 Å². The lowest BCUT2D eigenvalue weighted by atomic mass is 9.63. The third kappa shape index (κ3) is 2.65. The highest BCUT2D eigenvalue weighted by Gasteiger charge is 2.67. The average Bonchev–Trinajstić information content (AvgIpc) is 3.48. The van der Waals surface area contributed by atoms with Gasteiger partial charge < -0.3 is 10.1 Å². The number of allylic oxidation sites excluding steroid dienone is 2. The van der Waals surface area contributed by atoms with Crippen LogP contribution in [0.4, 0.5) is 5.69 Å². The monoisotopic (exact) mass is 380 g/mol. The zero-order valence-electron chi connectivity index (χ0n) is 15.1. The van der Waals surface area contributed by atoms with E-state index in [9.17, 15) is 19.2 Å². The molecule has 2 bridgehead atoms. The van der Waals surface area contributed by atoms with Crippen molar-refractivity contribution in [2.75, 3.05) is 18.5 Å². The first-order chi connectivity index (χ1) is 13.5. The van der Waals surface area contributed by atoms with Crippen molar-refractivity contribution in [3.05, 3.63) is 42.5 Å². The van der Waals surface area contributed by atoms with Crippen molar-refractivity contribution in [1.29, 1.82) is 0 Å². The number of carbonyl (C=O) groups excluding carboxylic acids is 4. The summed E-state index contributed by atoms with van der Waals surface area (Å²) in [7, 11) is 0. The summed E-state index contributed by atoms with van der Waals surface area (Å²) in [5.41, 5.74) is 0.596. The number of anilines is 1. The molecule has 0 spiro atoms. The van der Waals surface area contributed by atoms with Crippen molar-refractivity contribution >= 4 is 29.4 Å². The molecule has 1 aromatic carbocycles. The number of amides is 3. The topological polar surface area (TPSA) is 92.8 Å². The van der Waals surface area contributed by atoms with E-state index in [1.807, 2.05) is 6.07 Å². The molecule has 0 radical (unpaired) electrons. The number of benzene rings is 1. The maximum absolute atomic E-state index is 12.8. The number of hydrogen-bond donors (Lipinski definition) is 1. The van der Waals surface area contributed by atoms with Gasteiger partial charge in [-0.15, -0.1) is 0 Å². The highest BCUT2D eigenvalue weighted by Crippen LogP contribution is 2.65. The number of nitrogens with one attached hydrogen (secondary N) is 1. The Morgan fingerprint density at radius 3 is 2.21 bits per heavy atom. The molecule has 5 aliphatic rings. The van der Waals surface area contributed by atoms with Crippen LogP contribution in [0, 0.1) is 35.5 Å². The van der Waals surface area contributed by atoms with E-state index < -0.39 is 25.0 Å². The summed E-state index contributed by atoms with van der Waals surface area (Å²) in [5, 5.41) is 2.61. The number of hydrogen-bond acceptors (Lipinski definition) is 5. The lowest BCUT2D eigenvalue weighted by Crippen LogP contribution is -2.40. The molecule has 3 fully saturated rings. The molecule has 4 aliphatic carbocycles. The summed E-state index contributed by atoms with van der Waals surface area (Å²) in [6, 6.07) is 8.81. The van der Waals surface area contributed by atoms with Crippen LogP contribution in [0.1, 0.15) is 6.42 Å². The second-order valence-electron chi connectivity index (χ2n) is 7.99. The van der Waals surface area contributed by atoms with Crippen LogP contribution < -0.4 is 5.32 Å². The number of esters is 1. The van der Waals surface area contributed by atoms with Gasteiger partial charge in [-0.05, 0) is 42.2 Å². The van der Waals surface area contributed by atoms with Gasteiger partial charge >= 0.3 is 5.97 Å². The summed E-state index contributed by atoms with van der Waals surface area (Å²) in [6.07, 6.45) is 5.26. The first-order valence-corrected chi connectivity index (χ1v) is 9.58. The van der Waals surface area contributed by atoms with Crippen molar-refractivity contribution in [3.8, 4) is 0 Å². The van der Waals surface area contributed by atoms with Crippen molar-refractivity contribution in [3.63, 3.8) is 0 Å². The molecule has 144 valence electrons. The lowest BCUT2D eigenvalue weighted by Gasteiger charge is -2.37. The van der Waals surface area contributed by atoms with Gasteiger partial charge in [0.1, 0.15) is 6.54 Å². The predicted molar refractivity (Wildman–Crippen MR) is 97.4 cm³/mol. The quantitative estimate of drug-likeness (QED) is 0.471. The fourth-order valence-electron chi connectivity index (χ4n) is 5.21. The molecule has 0 aromatic heterocycles. The van der Waals surface area contributed by atoms with Gasteiger partial charge in [-0.1, -0.05) is 30.4 Å². The molecule has 6 atom stereocenters. The predicted octanol–water partition coefficient (Wildman–Crippen LogP) is 1.22. The fraction of sp³-hybridized carbons (Fsp3) is 0.429. The van der Waals surface area contributed by atoms with E-state index in [4.69, 9.17) is 4.74 Å². The second-order valence-corrected chi connectivity index (χ2v) is 7.99. The number of imide groups is 1. The van der Waals surface area contributed by atoms with Gasteiger partial charge in [0, 0.05) is 5.69 Å². The Bertz CT molecular complexity index is 859. The molecule has 3 amide bonds. The fourth-order valence-corrected chi connectivity index (χ4v) is 5.21. The Hall–Kier alpha value is -2.96. The lowest BCUT2D eigenvalue weighted by molar-refractivity contribution is -0.154. The van der Waals surface area contributed by atoms with Gasteiger partial charge in [0.05, 0.1) is 11.8 Å². The number of nitrogens with zero attached hydrogens (tertiary/aromatic N) is 1. The molecular formula is C21H20N2O5. The highest BCUT2D eigenvalue weighted by atomic mass is 16.5. The van der Waals surface area contributed by atoms with Gasteiger partial charge in [0.15, 0.2) is 6.61 Å². The molecule has 1 aliphatic heterocycles. The van der Waals surface area contributed by atoms with E-state index in [2.05, 4.69) is 17.5 Å². The van der Waals surface area contributed by atoms with Crippen LogP contribution >= 0.6 is 0 Å². The Morgan fingerprint density at radius 2 is 1.61 bits per heavy atom. The molecule has 2 saturated carbocycles. The minimum absolute atomic E-state index is 0.120. The first-order valence-electron chi connectivity index (χ1n) is 9.58. The summed E-state index contributed by atoms with van der Waals surface area (Å²) in [5.74, 6) is -1.17. The summed E-state index contributed by atoms with van der Waals surface area (Å²) in [4.78, 5) is 50.7. The molecule has 1 N–H and O–H groups in total. The normalized spacial score (nSPS) is 34.1. The van der Waals surface area contributed by atoms with Crippen LogP contribution in [0.2, 0.25) is 0 Å². The van der Waals surface area contributed by atoms with E-state index >= 15 is 0 Å². The third-order valence-corrected chi connectivity index (χ3v) is 6.46. The van der Waals surface area contributed by atoms with Crippen molar-refractivity contribution in [2.45, 2.75) is 6.42 Å². The van der Waals surface area contributed by atoms with Crippen LogP contribution in [0.5, 0.6) is 0 Å². The summed E-state index contributed by atoms with van der Waals surface area (Å²) >= 11 is 0. The van der Waals surface area contributed by atoms with E-state index in [0.717, 1.165) is 11.3 Å². The number of para-hydroxylation sites is 1. The Kier molecular flexibility index (Phi) is 3.86. The van der Waals surface area contributed by atoms with Crippen molar-refractivity contribution < 1.29 is 23.9 Å². The second kappa shape index (κ2) is 6.29. The third-order valence-electron chi connectivity index (χ3n) is 6.46. The van der Waals surface area contributed by atoms with Crippen LogP contribution in [0.15, 0.2) is 42.5 Å². The Morgan fingerprint density at radius 1 is 1.00 bits per heavy atom. The molecule has 28 heavy (non-hydrogen) atoms. The van der Waals surface area contributed by atoms with Crippen LogP contribution in [0.3, 0.4) is 0 Å². The standard InChI is InChI=1S/C21H20N2O5/c24-16(22-11-4-2-1-3-5-11)10-28-17(25)9-23-20(26)18-12-6-7-13(15-8-14(12)15)19(18)21(23)27/h1-7,12-15,18-19H,8-10H2,(H,22,24)/t12-,13-,14-,15+,18-,19+/m1/s1. The minimum atomic E-state index is -0.756. The molecule has 7 nitrogen and oxygen atoms in total. The highest BCUT2D eigenvalue weighted by molar-refractivity contribution is 6.08. The van der Waals surface area contributed by atoms with Crippen LogP contribution in [0.25, 0.3) is 0 Å².